The summed E-state index contributed by atoms with van der Waals surface area (Å²) < 4.78 is 0. The van der Waals surface area contributed by atoms with Gasteiger partial charge in [0.1, 0.15) is 0 Å². The highest BCUT2D eigenvalue weighted by Crippen LogP contribution is 2.29. The van der Waals surface area contributed by atoms with Gasteiger partial charge in [-0.2, -0.15) is 0 Å². The summed E-state index contributed by atoms with van der Waals surface area (Å²) >= 11 is 6.25. The van der Waals surface area contributed by atoms with E-state index >= 15 is 0 Å². The minimum atomic E-state index is -0.582. The minimum Gasteiger partial charge on any atom is -0.387 e. The Kier molecular flexibility index (Phi) is 5.79. The quantitative estimate of drug-likeness (QED) is 0.869. The fourth-order valence-corrected chi connectivity index (χ4v) is 3.09. The van der Waals surface area contributed by atoms with E-state index in [2.05, 4.69) is 38.7 Å². The Labute approximate surface area is 137 Å². The van der Waals surface area contributed by atoms with Crippen LogP contribution in [-0.2, 0) is 6.42 Å². The molecule has 0 saturated carbocycles. The first kappa shape index (κ1) is 17.2. The van der Waals surface area contributed by atoms with E-state index in [1.165, 1.54) is 5.56 Å². The number of hydrogen-bond acceptors (Lipinski definition) is 3. The zero-order valence-corrected chi connectivity index (χ0v) is 14.6. The number of aromatic nitrogens is 1. The number of benzene rings is 1. The number of halogens is 1. The molecule has 0 aliphatic carbocycles. The van der Waals surface area contributed by atoms with Gasteiger partial charge in [-0.25, -0.2) is 0 Å². The first-order valence-corrected chi connectivity index (χ1v) is 8.37. The summed E-state index contributed by atoms with van der Waals surface area (Å²) in [5.41, 5.74) is 3.93. The second-order valence-electron chi connectivity index (χ2n) is 5.67. The third-order valence-electron chi connectivity index (χ3n) is 4.23. The fourth-order valence-electron chi connectivity index (χ4n) is 2.86. The van der Waals surface area contributed by atoms with Crippen molar-refractivity contribution in [2.75, 3.05) is 19.6 Å². The summed E-state index contributed by atoms with van der Waals surface area (Å²) in [6, 6.07) is 5.88. The van der Waals surface area contributed by atoms with Crippen LogP contribution in [0.2, 0.25) is 5.02 Å². The van der Waals surface area contributed by atoms with Gasteiger partial charge in [0.05, 0.1) is 11.6 Å². The molecule has 0 aliphatic heterocycles. The van der Waals surface area contributed by atoms with Crippen molar-refractivity contribution >= 4 is 22.5 Å². The maximum atomic E-state index is 10.7. The van der Waals surface area contributed by atoms with Gasteiger partial charge < -0.3 is 10.0 Å². The van der Waals surface area contributed by atoms with Crippen LogP contribution in [0.25, 0.3) is 10.9 Å². The molecule has 0 aliphatic rings. The molecule has 1 aromatic heterocycles. The van der Waals surface area contributed by atoms with Gasteiger partial charge in [-0.05, 0) is 50.2 Å². The van der Waals surface area contributed by atoms with Crippen molar-refractivity contribution in [3.05, 3.63) is 40.0 Å². The Balaban J connectivity index is 2.51. The van der Waals surface area contributed by atoms with Crippen LogP contribution in [0.3, 0.4) is 0 Å². The van der Waals surface area contributed by atoms with Crippen LogP contribution in [0.15, 0.2) is 18.2 Å². The molecule has 2 rings (SSSR count). The van der Waals surface area contributed by atoms with Crippen molar-refractivity contribution in [2.24, 2.45) is 0 Å². The van der Waals surface area contributed by atoms with Crippen LogP contribution < -0.4 is 0 Å². The summed E-state index contributed by atoms with van der Waals surface area (Å²) in [5, 5.41) is 12.3. The molecule has 2 aromatic rings. The largest absolute Gasteiger partial charge is 0.387 e. The van der Waals surface area contributed by atoms with Crippen LogP contribution >= 0.6 is 11.6 Å². The van der Waals surface area contributed by atoms with E-state index in [9.17, 15) is 5.11 Å². The standard InChI is InChI=1S/C18H25ClN2O/c1-5-16-12(4)8-13-9-14(19)10-15(18(13)20-16)17(22)11-21(6-2)7-3/h8-10,17,22H,5-7,11H2,1-4H3. The molecule has 1 N–H and O–H groups in total. The van der Waals surface area contributed by atoms with Crippen molar-refractivity contribution in [2.45, 2.75) is 40.2 Å². The number of nitrogens with zero attached hydrogens (tertiary/aromatic N) is 2. The number of likely N-dealkylation sites (N-methyl/N-ethyl adjacent to an activating group) is 1. The minimum absolute atomic E-state index is 0.582. The molecule has 0 spiro atoms. The molecule has 0 bridgehead atoms. The van der Waals surface area contributed by atoms with Gasteiger partial charge in [0, 0.05) is 28.2 Å². The Morgan fingerprint density at radius 3 is 2.45 bits per heavy atom. The summed E-state index contributed by atoms with van der Waals surface area (Å²) in [7, 11) is 0. The van der Waals surface area contributed by atoms with Crippen molar-refractivity contribution in [1.29, 1.82) is 0 Å². The topological polar surface area (TPSA) is 36.4 Å². The highest BCUT2D eigenvalue weighted by molar-refractivity contribution is 6.31. The van der Waals surface area contributed by atoms with Crippen molar-refractivity contribution in [3.63, 3.8) is 0 Å². The molecule has 0 radical (unpaired) electrons. The average Bonchev–Trinajstić information content (AvgIpc) is 2.50. The lowest BCUT2D eigenvalue weighted by atomic mass is 10.0. The fraction of sp³-hybridized carbons (Fsp3) is 0.500. The van der Waals surface area contributed by atoms with Crippen molar-refractivity contribution < 1.29 is 5.11 Å². The van der Waals surface area contributed by atoms with Crippen LogP contribution in [0.4, 0.5) is 0 Å². The van der Waals surface area contributed by atoms with Crippen LogP contribution in [0, 0.1) is 6.92 Å². The van der Waals surface area contributed by atoms with E-state index in [0.717, 1.165) is 41.7 Å². The van der Waals surface area contributed by atoms with E-state index in [-0.39, 0.29) is 0 Å². The van der Waals surface area contributed by atoms with Crippen LogP contribution in [0.1, 0.15) is 43.7 Å². The highest BCUT2D eigenvalue weighted by Gasteiger charge is 2.17. The van der Waals surface area contributed by atoms with Gasteiger partial charge in [-0.1, -0.05) is 32.4 Å². The zero-order valence-electron chi connectivity index (χ0n) is 13.9. The van der Waals surface area contributed by atoms with Gasteiger partial charge in [-0.15, -0.1) is 0 Å². The Morgan fingerprint density at radius 1 is 1.18 bits per heavy atom. The second kappa shape index (κ2) is 7.40. The molecule has 1 heterocycles. The molecule has 22 heavy (non-hydrogen) atoms. The maximum Gasteiger partial charge on any atom is 0.0938 e. The number of pyridine rings is 1. The molecule has 1 atom stereocenters. The van der Waals surface area contributed by atoms with Crippen LogP contribution in [0.5, 0.6) is 0 Å². The van der Waals surface area contributed by atoms with Crippen molar-refractivity contribution in [1.82, 2.24) is 9.88 Å². The highest BCUT2D eigenvalue weighted by atomic mass is 35.5. The summed E-state index contributed by atoms with van der Waals surface area (Å²) in [6.45, 7) is 10.8. The first-order chi connectivity index (χ1) is 10.5. The van der Waals surface area contributed by atoms with Gasteiger partial charge in [-0.3, -0.25) is 4.98 Å². The zero-order chi connectivity index (χ0) is 16.3. The number of aliphatic hydroxyl groups is 1. The lowest BCUT2D eigenvalue weighted by Gasteiger charge is -2.23. The molecule has 0 fully saturated rings. The van der Waals surface area contributed by atoms with Gasteiger partial charge >= 0.3 is 0 Å². The number of aryl methyl sites for hydroxylation is 2. The lowest BCUT2D eigenvalue weighted by Crippen LogP contribution is -2.28. The molecule has 4 heteroatoms. The van der Waals surface area contributed by atoms with Gasteiger partial charge in [0.2, 0.25) is 0 Å². The average molecular weight is 321 g/mol. The third-order valence-corrected chi connectivity index (χ3v) is 4.45. The molecule has 3 nitrogen and oxygen atoms in total. The molecular weight excluding hydrogens is 296 g/mol. The maximum absolute atomic E-state index is 10.7. The van der Waals surface area contributed by atoms with Gasteiger partial charge in [0.15, 0.2) is 0 Å². The van der Waals surface area contributed by atoms with E-state index in [1.807, 2.05) is 12.1 Å². The SMILES string of the molecule is CCc1nc2c(C(O)CN(CC)CC)cc(Cl)cc2cc1C. The Morgan fingerprint density at radius 2 is 1.86 bits per heavy atom. The Hall–Kier alpha value is -1.16. The summed E-state index contributed by atoms with van der Waals surface area (Å²) in [5.74, 6) is 0. The number of rotatable bonds is 6. The van der Waals surface area contributed by atoms with Crippen LogP contribution in [-0.4, -0.2) is 34.6 Å². The normalized spacial score (nSPS) is 13.0. The Bertz CT molecular complexity index is 653. The molecular formula is C18H25ClN2O. The second-order valence-corrected chi connectivity index (χ2v) is 6.11. The van der Waals surface area contributed by atoms with E-state index < -0.39 is 6.10 Å². The molecule has 1 unspecified atom stereocenters. The predicted octanol–water partition coefficient (Wildman–Crippen LogP) is 4.13. The number of fused-ring (bicyclic) bond motifs is 1. The third kappa shape index (κ3) is 3.60. The summed E-state index contributed by atoms with van der Waals surface area (Å²) in [6.07, 6.45) is 0.303. The number of aliphatic hydroxyl groups excluding tert-OH is 1. The lowest BCUT2D eigenvalue weighted by molar-refractivity contribution is 0.120. The van der Waals surface area contributed by atoms with Gasteiger partial charge in [0.25, 0.3) is 0 Å². The molecule has 1 aromatic carbocycles. The molecule has 0 amide bonds. The van der Waals surface area contributed by atoms with E-state index in [4.69, 9.17) is 16.6 Å². The molecule has 120 valence electrons. The number of hydrogen-bond donors (Lipinski definition) is 1. The first-order valence-electron chi connectivity index (χ1n) is 8.00. The van der Waals surface area contributed by atoms with E-state index in [1.54, 1.807) is 0 Å². The smallest absolute Gasteiger partial charge is 0.0938 e. The summed E-state index contributed by atoms with van der Waals surface area (Å²) in [4.78, 5) is 6.98. The molecule has 0 saturated heterocycles. The van der Waals surface area contributed by atoms with Crippen molar-refractivity contribution in [3.8, 4) is 0 Å². The monoisotopic (exact) mass is 320 g/mol. The predicted molar refractivity (Wildman–Crippen MR) is 93.6 cm³/mol. The van der Waals surface area contributed by atoms with E-state index in [0.29, 0.717) is 11.6 Å².